The molecule has 3 heteroatoms. The molecule has 0 saturated heterocycles. The molecule has 0 aliphatic heterocycles. The molecule has 1 N–H and O–H groups in total. The normalized spacial score (nSPS) is 8.25. The number of aromatic nitrogens is 2. The van der Waals surface area contributed by atoms with Gasteiger partial charge in [-0.2, -0.15) is 0 Å². The van der Waals surface area contributed by atoms with Crippen LogP contribution in [0.25, 0.3) is 0 Å². The maximum Gasteiger partial charge on any atom is 0.103 e. The van der Waals surface area contributed by atoms with Crippen molar-refractivity contribution >= 4 is 24.0 Å². The molecule has 0 aliphatic rings. The Labute approximate surface area is 65.7 Å². The van der Waals surface area contributed by atoms with Crippen molar-refractivity contribution in [3.63, 3.8) is 0 Å². The van der Waals surface area contributed by atoms with Crippen LogP contribution in [-0.4, -0.2) is 9.97 Å². The lowest BCUT2D eigenvalue weighted by Crippen LogP contribution is -1.70. The molecule has 0 bridgehead atoms. The van der Waals surface area contributed by atoms with Crippen molar-refractivity contribution < 1.29 is 0 Å². The number of aromatic amines is 1. The molecule has 0 fully saturated rings. The second kappa shape index (κ2) is 3.06. The van der Waals surface area contributed by atoms with E-state index in [1.807, 2.05) is 20.0 Å². The highest BCUT2D eigenvalue weighted by Crippen LogP contribution is 1.89. The molecule has 1 heterocycles. The first kappa shape index (κ1) is 7.94. The lowest BCUT2D eigenvalue weighted by Gasteiger charge is -1.74. The monoisotopic (exact) mass is 224 g/mol. The van der Waals surface area contributed by atoms with E-state index in [9.17, 15) is 0 Å². The molecule has 0 unspecified atom stereocenters. The Kier molecular flexibility index (Phi) is 3.04. The fourth-order valence-corrected chi connectivity index (χ4v) is 0.544. The Hall–Kier alpha value is -0.0600. The predicted octanol–water partition coefficient (Wildman–Crippen LogP) is 1.64. The summed E-state index contributed by atoms with van der Waals surface area (Å²) < 4.78 is 0. The van der Waals surface area contributed by atoms with Crippen LogP contribution in [0.2, 0.25) is 0 Å². The van der Waals surface area contributed by atoms with Crippen molar-refractivity contribution in [3.05, 3.63) is 17.7 Å². The highest BCUT2D eigenvalue weighted by atomic mass is 127. The van der Waals surface area contributed by atoms with Crippen molar-refractivity contribution in [1.29, 1.82) is 0 Å². The molecule has 0 radical (unpaired) electrons. The Balaban J connectivity index is 0.000000490. The van der Waals surface area contributed by atoms with Gasteiger partial charge in [-0.1, -0.05) is 0 Å². The number of rotatable bonds is 0. The van der Waals surface area contributed by atoms with Gasteiger partial charge >= 0.3 is 0 Å². The van der Waals surface area contributed by atoms with E-state index in [0.29, 0.717) is 0 Å². The summed E-state index contributed by atoms with van der Waals surface area (Å²) in [7, 11) is 0. The van der Waals surface area contributed by atoms with Gasteiger partial charge in [0.05, 0.1) is 0 Å². The van der Waals surface area contributed by atoms with Gasteiger partial charge in [0.1, 0.15) is 5.82 Å². The number of halogens is 1. The van der Waals surface area contributed by atoms with E-state index in [-0.39, 0.29) is 24.0 Å². The van der Waals surface area contributed by atoms with E-state index in [1.54, 1.807) is 0 Å². The van der Waals surface area contributed by atoms with Gasteiger partial charge in [0, 0.05) is 11.9 Å². The van der Waals surface area contributed by atoms with Crippen LogP contribution in [0.15, 0.2) is 6.20 Å². The summed E-state index contributed by atoms with van der Waals surface area (Å²) in [5.74, 6) is 0.984. The summed E-state index contributed by atoms with van der Waals surface area (Å²) in [6, 6.07) is 0. The van der Waals surface area contributed by atoms with E-state index in [2.05, 4.69) is 9.97 Å². The Morgan fingerprint density at radius 2 is 2.12 bits per heavy atom. The van der Waals surface area contributed by atoms with Crippen molar-refractivity contribution in [2.45, 2.75) is 13.8 Å². The van der Waals surface area contributed by atoms with Crippen molar-refractivity contribution in [2.75, 3.05) is 0 Å². The van der Waals surface area contributed by atoms with Gasteiger partial charge in [-0.05, 0) is 13.8 Å². The standard InChI is InChI=1S/C5H8N2.HI/c1-4-3-6-5(2)7-4;/h3H,1-2H3,(H,6,7);1H. The van der Waals surface area contributed by atoms with E-state index < -0.39 is 0 Å². The number of nitrogens with one attached hydrogen (secondary N) is 1. The Bertz CT molecular complexity index is 143. The fourth-order valence-electron chi connectivity index (χ4n) is 0.544. The zero-order chi connectivity index (χ0) is 5.28. The summed E-state index contributed by atoms with van der Waals surface area (Å²) in [6.45, 7) is 3.92. The minimum absolute atomic E-state index is 0. The number of hydrogen-bond acceptors (Lipinski definition) is 1. The van der Waals surface area contributed by atoms with Crippen LogP contribution in [-0.2, 0) is 0 Å². The maximum absolute atomic E-state index is 3.96. The van der Waals surface area contributed by atoms with Gasteiger partial charge in [-0.25, -0.2) is 4.98 Å². The third-order valence-electron chi connectivity index (χ3n) is 0.830. The van der Waals surface area contributed by atoms with Crippen molar-refractivity contribution in [3.8, 4) is 0 Å². The average molecular weight is 224 g/mol. The Morgan fingerprint density at radius 3 is 2.25 bits per heavy atom. The molecule has 1 rings (SSSR count). The lowest BCUT2D eigenvalue weighted by molar-refractivity contribution is 1.13. The number of imidazole rings is 1. The van der Waals surface area contributed by atoms with Gasteiger partial charge in [0.25, 0.3) is 0 Å². The topological polar surface area (TPSA) is 28.7 Å². The average Bonchev–Trinajstić information content (AvgIpc) is 1.87. The molecule has 2 nitrogen and oxygen atoms in total. The van der Waals surface area contributed by atoms with E-state index in [1.165, 1.54) is 0 Å². The van der Waals surface area contributed by atoms with Gasteiger partial charge in [0.2, 0.25) is 0 Å². The smallest absolute Gasteiger partial charge is 0.103 e. The minimum Gasteiger partial charge on any atom is -0.346 e. The number of H-pyrrole nitrogens is 1. The van der Waals surface area contributed by atoms with E-state index >= 15 is 0 Å². The highest BCUT2D eigenvalue weighted by molar-refractivity contribution is 14.0. The molecule has 0 aliphatic carbocycles. The summed E-state index contributed by atoms with van der Waals surface area (Å²) in [4.78, 5) is 6.99. The van der Waals surface area contributed by atoms with Crippen LogP contribution in [0.4, 0.5) is 0 Å². The number of hydrogen-bond donors (Lipinski definition) is 1. The van der Waals surface area contributed by atoms with E-state index in [4.69, 9.17) is 0 Å². The van der Waals surface area contributed by atoms with Crippen LogP contribution < -0.4 is 0 Å². The molecule has 0 amide bonds. The molecule has 0 aromatic carbocycles. The van der Waals surface area contributed by atoms with Crippen LogP contribution in [0, 0.1) is 13.8 Å². The molecule has 1 aromatic heterocycles. The van der Waals surface area contributed by atoms with Crippen molar-refractivity contribution in [1.82, 2.24) is 9.97 Å². The molecule has 0 saturated carbocycles. The fraction of sp³-hybridized carbons (Fsp3) is 0.400. The Morgan fingerprint density at radius 1 is 1.50 bits per heavy atom. The SMILES string of the molecule is Cc1cnc(C)[nH]1.I. The first-order valence-electron chi connectivity index (χ1n) is 2.27. The summed E-state index contributed by atoms with van der Waals surface area (Å²) in [5, 5.41) is 0. The second-order valence-corrected chi connectivity index (χ2v) is 1.65. The van der Waals surface area contributed by atoms with Gasteiger partial charge in [-0.3, -0.25) is 0 Å². The van der Waals surface area contributed by atoms with Crippen LogP contribution in [0.5, 0.6) is 0 Å². The van der Waals surface area contributed by atoms with Gasteiger partial charge in [0.15, 0.2) is 0 Å². The summed E-state index contributed by atoms with van der Waals surface area (Å²) >= 11 is 0. The van der Waals surface area contributed by atoms with Crippen LogP contribution >= 0.6 is 24.0 Å². The molecule has 1 aromatic rings. The van der Waals surface area contributed by atoms with Crippen molar-refractivity contribution in [2.24, 2.45) is 0 Å². The summed E-state index contributed by atoms with van der Waals surface area (Å²) in [5.41, 5.74) is 1.12. The number of nitrogens with zero attached hydrogens (tertiary/aromatic N) is 1. The molecule has 0 spiro atoms. The first-order chi connectivity index (χ1) is 3.29. The summed E-state index contributed by atoms with van der Waals surface area (Å²) in [6.07, 6.45) is 1.81. The third-order valence-corrected chi connectivity index (χ3v) is 0.830. The highest BCUT2D eigenvalue weighted by Gasteiger charge is 1.83. The largest absolute Gasteiger partial charge is 0.346 e. The molecule has 8 heavy (non-hydrogen) atoms. The minimum atomic E-state index is 0. The zero-order valence-corrected chi connectivity index (χ0v) is 7.26. The third kappa shape index (κ3) is 1.81. The zero-order valence-electron chi connectivity index (χ0n) is 4.93. The second-order valence-electron chi connectivity index (χ2n) is 1.65. The quantitative estimate of drug-likeness (QED) is 0.667. The van der Waals surface area contributed by atoms with E-state index in [0.717, 1.165) is 11.5 Å². The van der Waals surface area contributed by atoms with Crippen LogP contribution in [0.3, 0.4) is 0 Å². The predicted molar refractivity (Wildman–Crippen MR) is 43.5 cm³/mol. The van der Waals surface area contributed by atoms with Gasteiger partial charge < -0.3 is 4.98 Å². The first-order valence-corrected chi connectivity index (χ1v) is 2.27. The molecule has 0 atom stereocenters. The maximum atomic E-state index is 3.96. The number of aryl methyl sites for hydroxylation is 2. The molecular formula is C5H9IN2. The lowest BCUT2D eigenvalue weighted by atomic mass is 10.6. The molecular weight excluding hydrogens is 215 g/mol. The molecule has 46 valence electrons. The van der Waals surface area contributed by atoms with Crippen LogP contribution in [0.1, 0.15) is 11.5 Å². The van der Waals surface area contributed by atoms with Gasteiger partial charge in [-0.15, -0.1) is 24.0 Å².